The Bertz CT molecular complexity index is 1390. The molecule has 9 nitrogen and oxygen atoms in total. The van der Waals surface area contributed by atoms with E-state index < -0.39 is 26.0 Å². The number of ether oxygens (including phenoxy) is 1. The lowest BCUT2D eigenvalue weighted by atomic mass is 10.1. The third-order valence-electron chi connectivity index (χ3n) is 4.73. The Morgan fingerprint density at radius 2 is 1.73 bits per heavy atom. The molecule has 0 aliphatic carbocycles. The summed E-state index contributed by atoms with van der Waals surface area (Å²) in [6.07, 6.45) is 0. The lowest BCUT2D eigenvalue weighted by Crippen LogP contribution is -2.21. The largest absolute Gasteiger partial charge is 0.454 e. The molecule has 0 fully saturated rings. The van der Waals surface area contributed by atoms with Crippen molar-refractivity contribution < 1.29 is 30.8 Å². The molecule has 0 aliphatic rings. The molecular weight excluding hydrogens is 468 g/mol. The Labute approximate surface area is 193 Å². The van der Waals surface area contributed by atoms with Crippen LogP contribution in [-0.2, 0) is 31.4 Å². The van der Waals surface area contributed by atoms with E-state index in [0.29, 0.717) is 11.3 Å². The average molecular weight is 493 g/mol. The standard InChI is InChI=1S/C22H24N2O7S2/c1-15-6-5-7-17(12-15)23-32(26,27)19-10-8-16(2)20(13-19)22(25)30-14-18-9-11-21(31-18)33(28,29)24(3)4/h5-13,23H,14H2,1-4H3. The van der Waals surface area contributed by atoms with Crippen LogP contribution in [0, 0.1) is 13.8 Å². The van der Waals surface area contributed by atoms with Gasteiger partial charge in [0.15, 0.2) is 0 Å². The van der Waals surface area contributed by atoms with Gasteiger partial charge in [-0.15, -0.1) is 0 Å². The minimum Gasteiger partial charge on any atom is -0.454 e. The molecule has 0 bridgehead atoms. The highest BCUT2D eigenvalue weighted by Crippen LogP contribution is 2.22. The van der Waals surface area contributed by atoms with Crippen molar-refractivity contribution in [1.29, 1.82) is 0 Å². The van der Waals surface area contributed by atoms with E-state index in [1.165, 1.54) is 44.4 Å². The molecule has 2 aromatic carbocycles. The van der Waals surface area contributed by atoms with E-state index in [4.69, 9.17) is 9.15 Å². The molecule has 0 atom stereocenters. The maximum Gasteiger partial charge on any atom is 0.338 e. The first-order valence-corrected chi connectivity index (χ1v) is 12.7. The molecule has 0 aliphatic heterocycles. The summed E-state index contributed by atoms with van der Waals surface area (Å²) in [5, 5.41) is -0.273. The van der Waals surface area contributed by atoms with Gasteiger partial charge in [0.05, 0.1) is 10.5 Å². The summed E-state index contributed by atoms with van der Waals surface area (Å²) < 4.78 is 63.8. The van der Waals surface area contributed by atoms with Gasteiger partial charge in [0.1, 0.15) is 12.4 Å². The van der Waals surface area contributed by atoms with Gasteiger partial charge in [0.2, 0.25) is 5.09 Å². The van der Waals surface area contributed by atoms with E-state index in [0.717, 1.165) is 9.87 Å². The van der Waals surface area contributed by atoms with Crippen molar-refractivity contribution in [3.8, 4) is 0 Å². The SMILES string of the molecule is Cc1cccc(NS(=O)(=O)c2ccc(C)c(C(=O)OCc3ccc(S(=O)(=O)N(C)C)o3)c2)c1. The zero-order chi connectivity index (χ0) is 24.4. The van der Waals surface area contributed by atoms with Crippen LogP contribution in [0.2, 0.25) is 0 Å². The maximum absolute atomic E-state index is 12.8. The molecule has 0 saturated heterocycles. The molecule has 1 aromatic heterocycles. The van der Waals surface area contributed by atoms with Crippen molar-refractivity contribution in [3.63, 3.8) is 0 Å². The van der Waals surface area contributed by atoms with Gasteiger partial charge in [0, 0.05) is 19.8 Å². The van der Waals surface area contributed by atoms with Crippen LogP contribution in [0.15, 0.2) is 69.0 Å². The third kappa shape index (κ3) is 5.62. The van der Waals surface area contributed by atoms with Crippen molar-refractivity contribution in [2.45, 2.75) is 30.4 Å². The first kappa shape index (κ1) is 24.5. The number of aryl methyl sites for hydroxylation is 2. The fourth-order valence-electron chi connectivity index (χ4n) is 2.88. The highest BCUT2D eigenvalue weighted by Gasteiger charge is 2.23. The molecule has 3 aromatic rings. The minimum absolute atomic E-state index is 0.0646. The summed E-state index contributed by atoms with van der Waals surface area (Å²) in [7, 11) is -4.95. The molecule has 0 saturated carbocycles. The zero-order valence-electron chi connectivity index (χ0n) is 18.5. The molecule has 0 amide bonds. The number of rotatable bonds is 8. The Balaban J connectivity index is 1.77. The predicted octanol–water partition coefficient (Wildman–Crippen LogP) is 3.30. The highest BCUT2D eigenvalue weighted by molar-refractivity contribution is 7.92. The quantitative estimate of drug-likeness (QED) is 0.479. The molecule has 11 heteroatoms. The summed E-state index contributed by atoms with van der Waals surface area (Å²) >= 11 is 0. The van der Waals surface area contributed by atoms with Gasteiger partial charge in [-0.25, -0.2) is 25.9 Å². The summed E-state index contributed by atoms with van der Waals surface area (Å²) in [6, 6.07) is 13.7. The van der Waals surface area contributed by atoms with Crippen LogP contribution < -0.4 is 4.72 Å². The van der Waals surface area contributed by atoms with Crippen molar-refractivity contribution in [1.82, 2.24) is 4.31 Å². The van der Waals surface area contributed by atoms with Gasteiger partial charge in [-0.1, -0.05) is 18.2 Å². The first-order valence-electron chi connectivity index (χ1n) is 9.78. The van der Waals surface area contributed by atoms with Gasteiger partial charge in [-0.3, -0.25) is 4.72 Å². The average Bonchev–Trinajstić information content (AvgIpc) is 3.21. The summed E-state index contributed by atoms with van der Waals surface area (Å²) in [5.41, 5.74) is 1.88. The lowest BCUT2D eigenvalue weighted by Gasteiger charge is -2.11. The summed E-state index contributed by atoms with van der Waals surface area (Å²) in [6.45, 7) is 3.17. The van der Waals surface area contributed by atoms with E-state index in [9.17, 15) is 21.6 Å². The molecule has 0 radical (unpaired) electrons. The number of anilines is 1. The minimum atomic E-state index is -3.94. The smallest absolute Gasteiger partial charge is 0.338 e. The van der Waals surface area contributed by atoms with Crippen LogP contribution in [0.3, 0.4) is 0 Å². The van der Waals surface area contributed by atoms with Crippen LogP contribution in [0.1, 0.15) is 27.2 Å². The number of nitrogens with zero attached hydrogens (tertiary/aromatic N) is 1. The number of carbonyl (C=O) groups excluding carboxylic acids is 1. The van der Waals surface area contributed by atoms with E-state index >= 15 is 0 Å². The van der Waals surface area contributed by atoms with Gasteiger partial charge in [-0.05, 0) is 61.4 Å². The second kappa shape index (κ2) is 9.38. The Kier molecular flexibility index (Phi) is 6.96. The topological polar surface area (TPSA) is 123 Å². The fraction of sp³-hybridized carbons (Fsp3) is 0.227. The number of sulfonamides is 2. The molecule has 0 unspecified atom stereocenters. The molecule has 176 valence electrons. The van der Waals surface area contributed by atoms with Gasteiger partial charge in [-0.2, -0.15) is 0 Å². The number of furan rings is 1. The molecule has 3 rings (SSSR count). The summed E-state index contributed by atoms with van der Waals surface area (Å²) in [4.78, 5) is 12.5. The van der Waals surface area contributed by atoms with Crippen LogP contribution in [0.4, 0.5) is 5.69 Å². The predicted molar refractivity (Wildman–Crippen MR) is 122 cm³/mol. The van der Waals surface area contributed by atoms with Crippen molar-refractivity contribution in [2.24, 2.45) is 0 Å². The first-order chi connectivity index (χ1) is 15.4. The Hall–Kier alpha value is -3.15. The molecular formula is C22H24N2O7S2. The van der Waals surface area contributed by atoms with E-state index in [1.54, 1.807) is 25.1 Å². The van der Waals surface area contributed by atoms with Crippen LogP contribution in [0.5, 0.6) is 0 Å². The maximum atomic E-state index is 12.8. The number of carbonyl (C=O) groups is 1. The van der Waals surface area contributed by atoms with E-state index in [2.05, 4.69) is 4.72 Å². The lowest BCUT2D eigenvalue weighted by molar-refractivity contribution is 0.0439. The van der Waals surface area contributed by atoms with E-state index in [1.807, 2.05) is 13.0 Å². The summed E-state index contributed by atoms with van der Waals surface area (Å²) in [5.74, 6) is -0.639. The van der Waals surface area contributed by atoms with E-state index in [-0.39, 0.29) is 27.9 Å². The van der Waals surface area contributed by atoms with Crippen LogP contribution in [-0.4, -0.2) is 41.2 Å². The number of esters is 1. The van der Waals surface area contributed by atoms with Crippen LogP contribution in [0.25, 0.3) is 0 Å². The number of hydrogen-bond donors (Lipinski definition) is 1. The number of benzene rings is 2. The zero-order valence-corrected chi connectivity index (χ0v) is 20.2. The Morgan fingerprint density at radius 3 is 2.39 bits per heavy atom. The van der Waals surface area contributed by atoms with Crippen molar-refractivity contribution >= 4 is 31.7 Å². The van der Waals surface area contributed by atoms with Gasteiger partial charge < -0.3 is 9.15 Å². The fourth-order valence-corrected chi connectivity index (χ4v) is 4.77. The highest BCUT2D eigenvalue weighted by atomic mass is 32.2. The van der Waals surface area contributed by atoms with Gasteiger partial charge in [0.25, 0.3) is 20.0 Å². The number of hydrogen-bond acceptors (Lipinski definition) is 7. The monoisotopic (exact) mass is 492 g/mol. The Morgan fingerprint density at radius 1 is 1.00 bits per heavy atom. The number of nitrogens with one attached hydrogen (secondary N) is 1. The second-order valence-corrected chi connectivity index (χ2v) is 11.3. The second-order valence-electron chi connectivity index (χ2n) is 7.54. The normalized spacial score (nSPS) is 12.0. The molecule has 1 N–H and O–H groups in total. The molecule has 33 heavy (non-hydrogen) atoms. The molecule has 0 spiro atoms. The van der Waals surface area contributed by atoms with Crippen molar-refractivity contribution in [3.05, 3.63) is 77.0 Å². The third-order valence-corrected chi connectivity index (χ3v) is 7.80. The van der Waals surface area contributed by atoms with Gasteiger partial charge >= 0.3 is 5.97 Å². The van der Waals surface area contributed by atoms with Crippen molar-refractivity contribution in [2.75, 3.05) is 18.8 Å². The van der Waals surface area contributed by atoms with Crippen LogP contribution >= 0.6 is 0 Å². The molecule has 1 heterocycles.